The molecule has 0 aromatic heterocycles. The predicted molar refractivity (Wildman–Crippen MR) is 261 cm³/mol. The molecule has 2 fully saturated rings. The van der Waals surface area contributed by atoms with E-state index >= 15 is 0 Å². The van der Waals surface area contributed by atoms with E-state index < -0.39 is 165 Å². The zero-order chi connectivity index (χ0) is 56.3. The summed E-state index contributed by atoms with van der Waals surface area (Å²) < 4.78 is 60.6. The van der Waals surface area contributed by atoms with Crippen molar-refractivity contribution in [2.75, 3.05) is 13.2 Å². The van der Waals surface area contributed by atoms with Gasteiger partial charge in [-0.15, -0.1) is 10.2 Å². The lowest BCUT2D eigenvalue weighted by molar-refractivity contribution is -0.212. The van der Waals surface area contributed by atoms with E-state index in [0.29, 0.717) is 0 Å². The lowest BCUT2D eigenvalue weighted by Crippen LogP contribution is -2.63. The summed E-state index contributed by atoms with van der Waals surface area (Å²) in [5, 5.41) is 8.74. The third-order valence-corrected chi connectivity index (χ3v) is 10.4. The number of rotatable bonds is 11. The van der Waals surface area contributed by atoms with Gasteiger partial charge in [0.25, 0.3) is 11.8 Å². The Kier molecular flexibility index (Phi) is 19.6. The van der Waals surface area contributed by atoms with Gasteiger partial charge in [-0.3, -0.25) is 38.4 Å². The van der Waals surface area contributed by atoms with Crippen molar-refractivity contribution < 1.29 is 85.7 Å². The van der Waals surface area contributed by atoms with Crippen LogP contribution in [-0.4, -0.2) is 122 Å². The van der Waals surface area contributed by atoms with Crippen LogP contribution in [0.2, 0.25) is 0 Å². The summed E-state index contributed by atoms with van der Waals surface area (Å²) in [7, 11) is 0. The highest BCUT2D eigenvalue weighted by Gasteiger charge is 2.57. The maximum Gasteiger partial charge on any atom is 0.312 e. The molecule has 0 saturated carbocycles. The van der Waals surface area contributed by atoms with Crippen LogP contribution in [0.5, 0.6) is 0 Å². The molecule has 2 heterocycles. The number of hydrogen-bond donors (Lipinski definition) is 0. The molecule has 0 aromatic carbocycles. The van der Waals surface area contributed by atoms with Crippen LogP contribution in [0.25, 0.3) is 0 Å². The quantitative estimate of drug-likeness (QED) is 0.111. The SMILES string of the molecule is CC(C)(C)C(=O)OC[C@H]1O/C(=N\N=C2/O[C@H](COC(=O)C(C)(C)C)[C@@H](OC(=O)C(C)(C)C)[C@H](OC(=O)C(C)(C)C)[C@H]2OC(=O)C(C)(C)C)[C@H](OC(=O)C(C)(C)C)[C@@H](OC(=O)C(C)(C)C)[C@@H]1OC(=O)C(C)(C)C. The van der Waals surface area contributed by atoms with Gasteiger partial charge in [0.15, 0.2) is 36.6 Å². The minimum absolute atomic E-state index is 0.614. The number of carbonyl (C=O) groups is 8. The summed E-state index contributed by atoms with van der Waals surface area (Å²) >= 11 is 0. The molecule has 8 atom stereocenters. The number of carbonyl (C=O) groups excluding carboxylic acids is 8. The molecule has 2 aliphatic rings. The van der Waals surface area contributed by atoms with Crippen molar-refractivity contribution in [3.63, 3.8) is 0 Å². The maximum absolute atomic E-state index is 13.9. The van der Waals surface area contributed by atoms with Crippen molar-refractivity contribution in [2.45, 2.75) is 215 Å². The van der Waals surface area contributed by atoms with Crippen molar-refractivity contribution in [1.82, 2.24) is 0 Å². The molecule has 2 rings (SSSR count). The lowest BCUT2D eigenvalue weighted by atomic mass is 9.93. The number of nitrogens with zero attached hydrogens (tertiary/aromatic N) is 2. The fourth-order valence-corrected chi connectivity index (χ4v) is 5.46. The van der Waals surface area contributed by atoms with Gasteiger partial charge in [-0.2, -0.15) is 0 Å². The molecule has 410 valence electrons. The molecule has 0 unspecified atom stereocenters. The molecule has 0 radical (unpaired) electrons. The van der Waals surface area contributed by atoms with Crippen molar-refractivity contribution in [3.8, 4) is 0 Å². The molecule has 0 amide bonds. The largest absolute Gasteiger partial charge is 0.466 e. The average Bonchev–Trinajstić information content (AvgIpc) is 3.18. The van der Waals surface area contributed by atoms with Crippen molar-refractivity contribution >= 4 is 59.5 Å². The second-order valence-electron chi connectivity index (χ2n) is 26.5. The zero-order valence-corrected chi connectivity index (χ0v) is 47.3. The van der Waals surface area contributed by atoms with Crippen LogP contribution in [0.3, 0.4) is 0 Å². The zero-order valence-electron chi connectivity index (χ0n) is 47.3. The van der Waals surface area contributed by atoms with E-state index in [1.807, 2.05) is 0 Å². The third kappa shape index (κ3) is 17.7. The molecule has 0 spiro atoms. The fraction of sp³-hybridized carbons (Fsp3) is 0.808. The number of esters is 8. The maximum atomic E-state index is 13.9. The Morgan fingerprint density at radius 3 is 0.722 bits per heavy atom. The van der Waals surface area contributed by atoms with Gasteiger partial charge in [0.1, 0.15) is 13.2 Å². The fourth-order valence-electron chi connectivity index (χ4n) is 5.46. The van der Waals surface area contributed by atoms with Crippen LogP contribution >= 0.6 is 0 Å². The highest BCUT2D eigenvalue weighted by Crippen LogP contribution is 2.36. The van der Waals surface area contributed by atoms with E-state index in [1.54, 1.807) is 166 Å². The predicted octanol–water partition coefficient (Wildman–Crippen LogP) is 7.42. The first kappa shape index (κ1) is 62.8. The lowest BCUT2D eigenvalue weighted by Gasteiger charge is -2.43. The second-order valence-corrected chi connectivity index (χ2v) is 26.5. The summed E-state index contributed by atoms with van der Waals surface area (Å²) in [5.74, 6) is -7.60. The van der Waals surface area contributed by atoms with E-state index in [0.717, 1.165) is 0 Å². The van der Waals surface area contributed by atoms with Crippen LogP contribution in [-0.2, 0) is 85.7 Å². The number of hydrogen-bond acceptors (Lipinski definition) is 20. The Morgan fingerprint density at radius 2 is 0.514 bits per heavy atom. The Morgan fingerprint density at radius 1 is 0.319 bits per heavy atom. The van der Waals surface area contributed by atoms with Crippen molar-refractivity contribution in [1.29, 1.82) is 0 Å². The summed E-state index contributed by atoms with van der Waals surface area (Å²) in [6.07, 6.45) is -13.6. The minimum Gasteiger partial charge on any atom is -0.466 e. The molecule has 2 aliphatic heterocycles. The standard InChI is InChI=1S/C52H84N2O18/c1-45(2,3)37(55)63-25-27-29(67-39(57)47(7,8)9)31(69-41(59)49(13,14)15)33(71-43(61)51(19,20)21)35(65-27)53-54-36-34(72-44(62)52(22,23)24)32(70-42(60)50(16,17)18)30(68-40(58)48(10,11)12)28(66-36)26-64-38(56)46(4,5)6/h27-34H,25-26H2,1-24H3/b53-35-,54-36-/t27-,28-,29-,30-,31+,32+,33-,34-/m1/s1. The first-order chi connectivity index (χ1) is 32.1. The van der Waals surface area contributed by atoms with Crippen LogP contribution < -0.4 is 0 Å². The van der Waals surface area contributed by atoms with Crippen molar-refractivity contribution in [2.24, 2.45) is 53.5 Å². The highest BCUT2D eigenvalue weighted by atomic mass is 16.7. The summed E-state index contributed by atoms with van der Waals surface area (Å²) in [6.45, 7) is 36.6. The van der Waals surface area contributed by atoms with Gasteiger partial charge in [-0.25, -0.2) is 0 Å². The van der Waals surface area contributed by atoms with E-state index in [4.69, 9.17) is 47.4 Å². The Labute approximate surface area is 426 Å². The van der Waals surface area contributed by atoms with Crippen LogP contribution in [0.4, 0.5) is 0 Å². The topological polar surface area (TPSA) is 254 Å². The molecule has 20 nitrogen and oxygen atoms in total. The first-order valence-corrected chi connectivity index (χ1v) is 24.2. The van der Waals surface area contributed by atoms with Crippen LogP contribution in [0.15, 0.2) is 10.2 Å². The second kappa shape index (κ2) is 22.4. The van der Waals surface area contributed by atoms with E-state index in [-0.39, 0.29) is 0 Å². The van der Waals surface area contributed by atoms with Crippen LogP contribution in [0, 0.1) is 43.3 Å². The number of ether oxygens (including phenoxy) is 10. The van der Waals surface area contributed by atoms with Crippen molar-refractivity contribution in [3.05, 3.63) is 0 Å². The molecule has 0 aromatic rings. The molecule has 2 saturated heterocycles. The molecule has 20 heteroatoms. The normalized spacial score (nSPS) is 24.7. The van der Waals surface area contributed by atoms with Gasteiger partial charge in [0.2, 0.25) is 12.2 Å². The molecule has 0 bridgehead atoms. The average molecular weight is 1030 g/mol. The molecule has 0 aliphatic carbocycles. The smallest absolute Gasteiger partial charge is 0.312 e. The Bertz CT molecular complexity index is 1940. The third-order valence-electron chi connectivity index (χ3n) is 10.4. The molecular formula is C52H84N2O18. The minimum atomic E-state index is -1.86. The van der Waals surface area contributed by atoms with Gasteiger partial charge < -0.3 is 47.4 Å². The first-order valence-electron chi connectivity index (χ1n) is 24.2. The summed E-state index contributed by atoms with van der Waals surface area (Å²) in [4.78, 5) is 110. The molecular weight excluding hydrogens is 941 g/mol. The Hall–Kier alpha value is -5.30. The van der Waals surface area contributed by atoms with Gasteiger partial charge in [0, 0.05) is 0 Å². The molecule has 0 N–H and O–H groups in total. The van der Waals surface area contributed by atoms with Gasteiger partial charge in [0.05, 0.1) is 43.3 Å². The highest BCUT2D eigenvalue weighted by molar-refractivity contribution is 5.91. The van der Waals surface area contributed by atoms with Gasteiger partial charge in [-0.05, 0) is 166 Å². The van der Waals surface area contributed by atoms with E-state index in [1.165, 1.54) is 0 Å². The molecule has 72 heavy (non-hydrogen) atoms. The van der Waals surface area contributed by atoms with Gasteiger partial charge in [-0.1, -0.05) is 0 Å². The van der Waals surface area contributed by atoms with E-state index in [2.05, 4.69) is 10.2 Å². The summed E-state index contributed by atoms with van der Waals surface area (Å²) in [5.41, 5.74) is -9.17. The van der Waals surface area contributed by atoms with E-state index in [9.17, 15) is 38.4 Å². The Balaban J connectivity index is 3.28. The van der Waals surface area contributed by atoms with Crippen LogP contribution in [0.1, 0.15) is 166 Å². The van der Waals surface area contributed by atoms with Gasteiger partial charge >= 0.3 is 47.8 Å². The monoisotopic (exact) mass is 1020 g/mol. The summed E-state index contributed by atoms with van der Waals surface area (Å²) in [6, 6.07) is 0.